The minimum Gasteiger partial charge on any atom is -0.467 e. The zero-order valence-electron chi connectivity index (χ0n) is 10.4. The fourth-order valence-electron chi connectivity index (χ4n) is 2.17. The zero-order chi connectivity index (χ0) is 12.8. The van der Waals surface area contributed by atoms with Crippen molar-refractivity contribution < 1.29 is 24.0 Å². The second kappa shape index (κ2) is 6.68. The molecule has 0 saturated carbocycles. The van der Waals surface area contributed by atoms with Crippen LogP contribution in [0.3, 0.4) is 0 Å². The van der Waals surface area contributed by atoms with Gasteiger partial charge in [0.2, 0.25) is 0 Å². The molecular formula is C13H20NO4+. The fourth-order valence-corrected chi connectivity index (χ4v) is 2.17. The summed E-state index contributed by atoms with van der Waals surface area (Å²) in [6, 6.07) is 3.65. The van der Waals surface area contributed by atoms with E-state index in [1.807, 2.05) is 12.1 Å². The molecule has 1 atom stereocenters. The lowest BCUT2D eigenvalue weighted by Crippen LogP contribution is -3.14. The number of hydrogen-bond acceptors (Lipinski definition) is 4. The highest BCUT2D eigenvalue weighted by atomic mass is 16.5. The number of likely N-dealkylation sites (tertiary alicyclic amines) is 1. The van der Waals surface area contributed by atoms with E-state index in [9.17, 15) is 9.90 Å². The highest BCUT2D eigenvalue weighted by Crippen LogP contribution is 2.01. The van der Waals surface area contributed by atoms with Crippen LogP contribution in [0, 0.1) is 0 Å². The molecule has 100 valence electrons. The largest absolute Gasteiger partial charge is 0.467 e. The number of hydrogen-bond donors (Lipinski definition) is 2. The molecule has 1 aromatic heterocycles. The average Bonchev–Trinajstić information content (AvgIpc) is 2.85. The molecule has 18 heavy (non-hydrogen) atoms. The third kappa shape index (κ3) is 4.25. The first-order valence-electron chi connectivity index (χ1n) is 6.37. The highest BCUT2D eigenvalue weighted by molar-refractivity contribution is 5.78. The van der Waals surface area contributed by atoms with E-state index in [0.717, 1.165) is 18.8 Å². The maximum atomic E-state index is 11.1. The van der Waals surface area contributed by atoms with Crippen molar-refractivity contribution in [1.82, 2.24) is 0 Å². The number of furan rings is 1. The standard InChI is InChI=1S/C13H19NO4/c15-11-3-5-14(6-4-11)8-12(16)9-17-10-13-2-1-7-18-13/h1-2,7,12,16H,3-6,8-10H2/p+1/t12-/m0/s1. The molecule has 1 saturated heterocycles. The Hall–Kier alpha value is -1.17. The maximum absolute atomic E-state index is 11.1. The molecule has 5 heteroatoms. The maximum Gasteiger partial charge on any atom is 0.144 e. The van der Waals surface area contributed by atoms with Gasteiger partial charge < -0.3 is 19.2 Å². The monoisotopic (exact) mass is 254 g/mol. The Bertz CT molecular complexity index is 353. The van der Waals surface area contributed by atoms with Crippen LogP contribution in [-0.4, -0.2) is 43.2 Å². The van der Waals surface area contributed by atoms with Crippen LogP contribution in [0.25, 0.3) is 0 Å². The van der Waals surface area contributed by atoms with Crippen molar-refractivity contribution in [3.8, 4) is 0 Å². The van der Waals surface area contributed by atoms with Gasteiger partial charge in [0.15, 0.2) is 0 Å². The molecule has 0 amide bonds. The Labute approximate surface area is 106 Å². The first-order chi connectivity index (χ1) is 8.74. The quantitative estimate of drug-likeness (QED) is 0.712. The summed E-state index contributed by atoms with van der Waals surface area (Å²) in [4.78, 5) is 12.4. The Morgan fingerprint density at radius 3 is 2.89 bits per heavy atom. The predicted octanol–water partition coefficient (Wildman–Crippen LogP) is -0.595. The molecule has 1 aliphatic heterocycles. The van der Waals surface area contributed by atoms with Gasteiger partial charge in [0.1, 0.15) is 30.8 Å². The molecule has 5 nitrogen and oxygen atoms in total. The second-order valence-electron chi connectivity index (χ2n) is 4.74. The fraction of sp³-hybridized carbons (Fsp3) is 0.615. The van der Waals surface area contributed by atoms with Gasteiger partial charge in [0, 0.05) is 0 Å². The van der Waals surface area contributed by atoms with Gasteiger partial charge in [-0.25, -0.2) is 0 Å². The van der Waals surface area contributed by atoms with E-state index >= 15 is 0 Å². The number of nitrogens with one attached hydrogen (secondary N) is 1. The van der Waals surface area contributed by atoms with Gasteiger partial charge in [-0.15, -0.1) is 0 Å². The smallest absolute Gasteiger partial charge is 0.144 e. The van der Waals surface area contributed by atoms with Crippen LogP contribution in [0.15, 0.2) is 22.8 Å². The lowest BCUT2D eigenvalue weighted by Gasteiger charge is -2.24. The first-order valence-corrected chi connectivity index (χ1v) is 6.37. The van der Waals surface area contributed by atoms with Gasteiger partial charge >= 0.3 is 0 Å². The van der Waals surface area contributed by atoms with E-state index in [4.69, 9.17) is 9.15 Å². The third-order valence-electron chi connectivity index (χ3n) is 3.17. The van der Waals surface area contributed by atoms with Crippen LogP contribution in [-0.2, 0) is 16.1 Å². The molecule has 2 N–H and O–H groups in total. The summed E-state index contributed by atoms with van der Waals surface area (Å²) in [7, 11) is 0. The van der Waals surface area contributed by atoms with Crippen molar-refractivity contribution in [3.63, 3.8) is 0 Å². The second-order valence-corrected chi connectivity index (χ2v) is 4.74. The molecule has 1 aromatic rings. The number of rotatable bonds is 6. The summed E-state index contributed by atoms with van der Waals surface area (Å²) in [5.41, 5.74) is 0. The summed E-state index contributed by atoms with van der Waals surface area (Å²) >= 11 is 0. The van der Waals surface area contributed by atoms with Crippen LogP contribution in [0.1, 0.15) is 18.6 Å². The van der Waals surface area contributed by atoms with Gasteiger partial charge in [-0.3, -0.25) is 4.79 Å². The van der Waals surface area contributed by atoms with Crippen LogP contribution in [0.2, 0.25) is 0 Å². The van der Waals surface area contributed by atoms with Gasteiger partial charge in [-0.2, -0.15) is 0 Å². The summed E-state index contributed by atoms with van der Waals surface area (Å²) in [6.07, 6.45) is 2.39. The number of aliphatic hydroxyl groups is 1. The van der Waals surface area contributed by atoms with Crippen molar-refractivity contribution in [2.24, 2.45) is 0 Å². The average molecular weight is 254 g/mol. The Balaban J connectivity index is 1.60. The van der Waals surface area contributed by atoms with Gasteiger partial charge in [-0.05, 0) is 12.1 Å². The minimum atomic E-state index is -0.483. The van der Waals surface area contributed by atoms with Crippen LogP contribution < -0.4 is 4.90 Å². The summed E-state index contributed by atoms with van der Waals surface area (Å²) < 4.78 is 10.5. The Kier molecular flexibility index (Phi) is 4.92. The number of ether oxygens (including phenoxy) is 1. The predicted molar refractivity (Wildman–Crippen MR) is 64.2 cm³/mol. The number of ketones is 1. The Morgan fingerprint density at radius 2 is 2.22 bits per heavy atom. The van der Waals surface area contributed by atoms with Crippen LogP contribution in [0.4, 0.5) is 0 Å². The third-order valence-corrected chi connectivity index (χ3v) is 3.17. The van der Waals surface area contributed by atoms with Crippen LogP contribution >= 0.6 is 0 Å². The summed E-state index contributed by atoms with van der Waals surface area (Å²) in [6.45, 7) is 2.99. The number of Topliss-reactive ketones (excluding diaryl/α,β-unsaturated/α-hetero) is 1. The van der Waals surface area contributed by atoms with Crippen molar-refractivity contribution in [3.05, 3.63) is 24.2 Å². The van der Waals surface area contributed by atoms with Gasteiger partial charge in [0.05, 0.1) is 38.8 Å². The van der Waals surface area contributed by atoms with E-state index in [0.29, 0.717) is 38.4 Å². The van der Waals surface area contributed by atoms with E-state index in [2.05, 4.69) is 0 Å². The molecule has 0 radical (unpaired) electrons. The molecule has 0 aliphatic carbocycles. The number of carbonyl (C=O) groups excluding carboxylic acids is 1. The molecule has 0 spiro atoms. The molecule has 1 fully saturated rings. The van der Waals surface area contributed by atoms with Crippen molar-refractivity contribution in [2.75, 3.05) is 26.2 Å². The van der Waals surface area contributed by atoms with Crippen molar-refractivity contribution in [2.45, 2.75) is 25.6 Å². The number of quaternary nitrogens is 1. The molecule has 1 aliphatic rings. The van der Waals surface area contributed by atoms with E-state index in [-0.39, 0.29) is 0 Å². The van der Waals surface area contributed by atoms with Gasteiger partial charge in [0.25, 0.3) is 0 Å². The SMILES string of the molecule is O=C1CC[NH+](C[C@H](O)COCc2ccco2)CC1. The molecule has 0 unspecified atom stereocenters. The zero-order valence-corrected chi connectivity index (χ0v) is 10.4. The van der Waals surface area contributed by atoms with Crippen molar-refractivity contribution in [1.29, 1.82) is 0 Å². The Morgan fingerprint density at radius 1 is 1.44 bits per heavy atom. The number of piperidine rings is 1. The number of carbonyl (C=O) groups is 1. The van der Waals surface area contributed by atoms with Gasteiger partial charge in [-0.1, -0.05) is 0 Å². The molecule has 0 bridgehead atoms. The van der Waals surface area contributed by atoms with E-state index < -0.39 is 6.10 Å². The lowest BCUT2D eigenvalue weighted by atomic mass is 10.1. The molecule has 0 aromatic carbocycles. The highest BCUT2D eigenvalue weighted by Gasteiger charge is 2.21. The van der Waals surface area contributed by atoms with E-state index in [1.165, 1.54) is 4.90 Å². The van der Waals surface area contributed by atoms with Crippen molar-refractivity contribution >= 4 is 5.78 Å². The first kappa shape index (κ1) is 13.3. The topological polar surface area (TPSA) is 64.1 Å². The van der Waals surface area contributed by atoms with Crippen LogP contribution in [0.5, 0.6) is 0 Å². The molecular weight excluding hydrogens is 234 g/mol. The lowest BCUT2D eigenvalue weighted by molar-refractivity contribution is -0.904. The normalized spacial score (nSPS) is 19.1. The summed E-state index contributed by atoms with van der Waals surface area (Å²) in [5, 5.41) is 9.83. The minimum absolute atomic E-state index is 0.304. The van der Waals surface area contributed by atoms with E-state index in [1.54, 1.807) is 6.26 Å². The summed E-state index contributed by atoms with van der Waals surface area (Å²) in [5.74, 6) is 1.10. The number of aliphatic hydroxyl groups excluding tert-OH is 1. The molecule has 2 rings (SSSR count). The molecule has 2 heterocycles.